The highest BCUT2D eigenvalue weighted by molar-refractivity contribution is 7.92. The van der Waals surface area contributed by atoms with E-state index in [4.69, 9.17) is 21.1 Å². The average molecular weight is 542 g/mol. The van der Waals surface area contributed by atoms with E-state index in [0.717, 1.165) is 44.0 Å². The number of halogens is 1. The van der Waals surface area contributed by atoms with Gasteiger partial charge in [0.1, 0.15) is 5.75 Å². The lowest BCUT2D eigenvalue weighted by Gasteiger charge is -2.34. The molecule has 0 radical (unpaired) electrons. The summed E-state index contributed by atoms with van der Waals surface area (Å²) in [6.07, 6.45) is -1.01. The van der Waals surface area contributed by atoms with E-state index in [1.54, 1.807) is 24.3 Å². The van der Waals surface area contributed by atoms with E-state index in [1.807, 2.05) is 12.1 Å². The zero-order valence-electron chi connectivity index (χ0n) is 20.2. The molecular formula is C27H28ClN3O5S. The van der Waals surface area contributed by atoms with Crippen molar-refractivity contribution in [2.24, 2.45) is 0 Å². The first-order valence-corrected chi connectivity index (χ1v) is 13.9. The van der Waals surface area contributed by atoms with Crippen molar-refractivity contribution in [1.29, 1.82) is 0 Å². The van der Waals surface area contributed by atoms with Gasteiger partial charge < -0.3 is 14.8 Å². The highest BCUT2D eigenvalue weighted by Crippen LogP contribution is 2.37. The lowest BCUT2D eigenvalue weighted by Crippen LogP contribution is -2.50. The SMILES string of the molecule is O=C(NCc1cccc(CN2CCOCC2)c1)[C@@H]1CN(S(=O)(=O)c2ccc(Cl)cc2)c2ccccc2O1. The molecule has 10 heteroatoms. The summed E-state index contributed by atoms with van der Waals surface area (Å²) in [5.74, 6) is -0.0525. The van der Waals surface area contributed by atoms with Crippen LogP contribution in [0, 0.1) is 0 Å². The predicted molar refractivity (Wildman–Crippen MR) is 141 cm³/mol. The lowest BCUT2D eigenvalue weighted by molar-refractivity contribution is -0.127. The Labute approximate surface area is 221 Å². The van der Waals surface area contributed by atoms with E-state index in [2.05, 4.69) is 22.3 Å². The average Bonchev–Trinajstić information content (AvgIpc) is 2.92. The second kappa shape index (κ2) is 11.1. The molecule has 0 spiro atoms. The molecule has 0 saturated carbocycles. The summed E-state index contributed by atoms with van der Waals surface area (Å²) in [7, 11) is -3.94. The number of benzene rings is 3. The summed E-state index contributed by atoms with van der Waals surface area (Å²) < 4.78 is 39.6. The number of para-hydroxylation sites is 2. The third-order valence-corrected chi connectivity index (χ3v) is 8.44. The Morgan fingerprint density at radius 2 is 1.70 bits per heavy atom. The Balaban J connectivity index is 1.29. The predicted octanol–water partition coefficient (Wildman–Crippen LogP) is 3.44. The second-order valence-corrected chi connectivity index (χ2v) is 11.3. The summed E-state index contributed by atoms with van der Waals surface area (Å²) in [6, 6.07) is 20.8. The number of ether oxygens (including phenoxy) is 2. The number of fused-ring (bicyclic) bond motifs is 1. The molecule has 2 aliphatic heterocycles. The maximum Gasteiger partial charge on any atom is 0.264 e. The van der Waals surface area contributed by atoms with Gasteiger partial charge in [-0.2, -0.15) is 0 Å². The number of rotatable bonds is 7. The minimum absolute atomic E-state index is 0.0878. The number of hydrogen-bond donors (Lipinski definition) is 1. The quantitative estimate of drug-likeness (QED) is 0.493. The van der Waals surface area contributed by atoms with Gasteiger partial charge in [0.25, 0.3) is 15.9 Å². The lowest BCUT2D eigenvalue weighted by atomic mass is 10.1. The molecule has 0 aliphatic carbocycles. The number of hydrogen-bond acceptors (Lipinski definition) is 6. The summed E-state index contributed by atoms with van der Waals surface area (Å²) in [5, 5.41) is 3.35. The third-order valence-electron chi connectivity index (χ3n) is 6.40. The van der Waals surface area contributed by atoms with Crippen LogP contribution in [0.15, 0.2) is 77.7 Å². The van der Waals surface area contributed by atoms with Crippen molar-refractivity contribution in [1.82, 2.24) is 10.2 Å². The minimum Gasteiger partial charge on any atom is -0.476 e. The van der Waals surface area contributed by atoms with E-state index in [9.17, 15) is 13.2 Å². The number of sulfonamides is 1. The minimum atomic E-state index is -3.94. The Kier molecular flexibility index (Phi) is 7.66. The van der Waals surface area contributed by atoms with Crippen molar-refractivity contribution >= 4 is 33.2 Å². The van der Waals surface area contributed by atoms with Gasteiger partial charge in [0.05, 0.1) is 30.3 Å². The van der Waals surface area contributed by atoms with Crippen molar-refractivity contribution in [2.75, 3.05) is 37.2 Å². The topological polar surface area (TPSA) is 88.2 Å². The molecule has 3 aromatic carbocycles. The standard InChI is InChI=1S/C27H28ClN3O5S/c28-22-8-10-23(11-9-22)37(33,34)31-19-26(36-25-7-2-1-6-24(25)31)27(32)29-17-20-4-3-5-21(16-20)18-30-12-14-35-15-13-30/h1-11,16,26H,12-15,17-19H2,(H,29,32)/t26-/m0/s1. The molecule has 1 saturated heterocycles. The van der Waals surface area contributed by atoms with Crippen LogP contribution in [0.1, 0.15) is 11.1 Å². The van der Waals surface area contributed by atoms with Crippen molar-refractivity contribution in [3.8, 4) is 5.75 Å². The molecule has 1 fully saturated rings. The van der Waals surface area contributed by atoms with Gasteiger partial charge >= 0.3 is 0 Å². The number of carbonyl (C=O) groups is 1. The van der Waals surface area contributed by atoms with Gasteiger partial charge in [-0.05, 0) is 47.5 Å². The molecule has 2 aliphatic rings. The monoisotopic (exact) mass is 541 g/mol. The fourth-order valence-electron chi connectivity index (χ4n) is 4.46. The Bertz CT molecular complexity index is 1360. The van der Waals surface area contributed by atoms with Gasteiger partial charge in [-0.25, -0.2) is 8.42 Å². The van der Waals surface area contributed by atoms with Gasteiger partial charge in [-0.15, -0.1) is 0 Å². The van der Waals surface area contributed by atoms with Crippen LogP contribution in [0.2, 0.25) is 5.02 Å². The summed E-state index contributed by atoms with van der Waals surface area (Å²) >= 11 is 5.95. The van der Waals surface area contributed by atoms with Gasteiger partial charge in [0.15, 0.2) is 6.10 Å². The zero-order chi connectivity index (χ0) is 25.8. The number of nitrogens with zero attached hydrogens (tertiary/aromatic N) is 2. The maximum absolute atomic E-state index is 13.5. The molecule has 1 N–H and O–H groups in total. The summed E-state index contributed by atoms with van der Waals surface area (Å²) in [5.41, 5.74) is 2.51. The Hall–Kier alpha value is -3.11. The second-order valence-electron chi connectivity index (χ2n) is 8.99. The molecule has 0 unspecified atom stereocenters. The Morgan fingerprint density at radius 1 is 0.973 bits per heavy atom. The largest absolute Gasteiger partial charge is 0.476 e. The van der Waals surface area contributed by atoms with Crippen LogP contribution >= 0.6 is 11.6 Å². The van der Waals surface area contributed by atoms with Gasteiger partial charge in [-0.3, -0.25) is 14.0 Å². The molecule has 194 valence electrons. The Morgan fingerprint density at radius 3 is 2.49 bits per heavy atom. The first-order chi connectivity index (χ1) is 17.9. The van der Waals surface area contributed by atoms with Crippen LogP contribution in [0.25, 0.3) is 0 Å². The van der Waals surface area contributed by atoms with E-state index < -0.39 is 16.1 Å². The zero-order valence-corrected chi connectivity index (χ0v) is 21.7. The van der Waals surface area contributed by atoms with E-state index >= 15 is 0 Å². The fraction of sp³-hybridized carbons (Fsp3) is 0.296. The summed E-state index contributed by atoms with van der Waals surface area (Å²) in [4.78, 5) is 15.6. The summed E-state index contributed by atoms with van der Waals surface area (Å²) in [6.45, 7) is 4.26. The molecule has 8 nitrogen and oxygen atoms in total. The van der Waals surface area contributed by atoms with Crippen LogP contribution in [-0.4, -0.2) is 58.2 Å². The first kappa shape index (κ1) is 25.5. The highest BCUT2D eigenvalue weighted by atomic mass is 35.5. The molecule has 0 aromatic heterocycles. The van der Waals surface area contributed by atoms with Crippen LogP contribution in [0.3, 0.4) is 0 Å². The molecule has 5 rings (SSSR count). The first-order valence-electron chi connectivity index (χ1n) is 12.1. The van der Waals surface area contributed by atoms with Crippen molar-refractivity contribution in [2.45, 2.75) is 24.1 Å². The molecule has 0 bridgehead atoms. The number of amides is 1. The van der Waals surface area contributed by atoms with Crippen molar-refractivity contribution in [3.63, 3.8) is 0 Å². The number of anilines is 1. The molecule has 2 heterocycles. The van der Waals surface area contributed by atoms with Gasteiger partial charge in [0, 0.05) is 31.2 Å². The smallest absolute Gasteiger partial charge is 0.264 e. The normalized spacial score (nSPS) is 18.1. The molecule has 3 aromatic rings. The number of carbonyl (C=O) groups excluding carboxylic acids is 1. The maximum atomic E-state index is 13.5. The van der Waals surface area contributed by atoms with Crippen LogP contribution in [0.4, 0.5) is 5.69 Å². The number of nitrogens with one attached hydrogen (secondary N) is 1. The number of morpholine rings is 1. The van der Waals surface area contributed by atoms with E-state index in [-0.39, 0.29) is 17.3 Å². The molecular weight excluding hydrogens is 514 g/mol. The van der Waals surface area contributed by atoms with Crippen LogP contribution in [-0.2, 0) is 32.6 Å². The van der Waals surface area contributed by atoms with Crippen LogP contribution in [0.5, 0.6) is 5.75 Å². The van der Waals surface area contributed by atoms with Crippen molar-refractivity contribution in [3.05, 3.63) is 88.9 Å². The highest BCUT2D eigenvalue weighted by Gasteiger charge is 2.37. The molecule has 37 heavy (non-hydrogen) atoms. The van der Waals surface area contributed by atoms with Crippen LogP contribution < -0.4 is 14.4 Å². The van der Waals surface area contributed by atoms with Gasteiger partial charge in [0.2, 0.25) is 0 Å². The van der Waals surface area contributed by atoms with Crippen molar-refractivity contribution < 1.29 is 22.7 Å². The van der Waals surface area contributed by atoms with Gasteiger partial charge in [-0.1, -0.05) is 48.0 Å². The van der Waals surface area contributed by atoms with E-state index in [0.29, 0.717) is 23.0 Å². The van der Waals surface area contributed by atoms with E-state index in [1.165, 1.54) is 28.6 Å². The third kappa shape index (κ3) is 5.91. The molecule has 1 atom stereocenters. The molecule has 1 amide bonds. The fourth-order valence-corrected chi connectivity index (χ4v) is 6.06.